The first-order valence-electron chi connectivity index (χ1n) is 8.55. The maximum atomic E-state index is 12.6. The molecule has 0 bridgehead atoms. The van der Waals surface area contributed by atoms with Crippen LogP contribution in [0.4, 0.5) is 11.4 Å². The molecule has 0 atom stereocenters. The number of nitrogens with one attached hydrogen (secondary N) is 1. The van der Waals surface area contributed by atoms with Gasteiger partial charge in [-0.25, -0.2) is 0 Å². The van der Waals surface area contributed by atoms with Crippen molar-refractivity contribution in [1.29, 1.82) is 0 Å². The van der Waals surface area contributed by atoms with E-state index in [0.717, 1.165) is 23.2 Å². The zero-order valence-corrected chi connectivity index (χ0v) is 15.7. The number of carbonyl (C=O) groups excluding carboxylic acids is 2. The molecule has 2 aromatic rings. The fourth-order valence-electron chi connectivity index (χ4n) is 3.07. The first-order valence-corrected chi connectivity index (χ1v) is 9.70. The Kier molecular flexibility index (Phi) is 5.81. The molecule has 2 aromatic carbocycles. The minimum atomic E-state index is -0.843. The van der Waals surface area contributed by atoms with Crippen molar-refractivity contribution in [3.8, 4) is 0 Å². The summed E-state index contributed by atoms with van der Waals surface area (Å²) in [5.74, 6) is -0.444. The summed E-state index contributed by atoms with van der Waals surface area (Å²) >= 11 is 1.31. The average Bonchev–Trinajstić information content (AvgIpc) is 3.05. The van der Waals surface area contributed by atoms with Crippen LogP contribution in [0.2, 0.25) is 0 Å². The van der Waals surface area contributed by atoms with Crippen LogP contribution < -0.4 is 10.2 Å². The van der Waals surface area contributed by atoms with E-state index < -0.39 is 5.97 Å². The third kappa shape index (κ3) is 4.68. The van der Waals surface area contributed by atoms with Crippen LogP contribution in [-0.2, 0) is 21.8 Å². The van der Waals surface area contributed by atoms with Crippen molar-refractivity contribution >= 4 is 40.9 Å². The van der Waals surface area contributed by atoms with Gasteiger partial charge in [0, 0.05) is 36.2 Å². The molecule has 0 fully saturated rings. The van der Waals surface area contributed by atoms with E-state index >= 15 is 0 Å². The molecule has 1 aliphatic heterocycles. The Hall–Kier alpha value is -2.80. The summed E-state index contributed by atoms with van der Waals surface area (Å²) in [6.45, 7) is 2.18. The second-order valence-electron chi connectivity index (χ2n) is 6.31. The number of hydrogen-bond acceptors (Lipinski definition) is 4. The lowest BCUT2D eigenvalue weighted by Crippen LogP contribution is -2.25. The normalized spacial score (nSPS) is 12.6. The standard InChI is InChI=1S/C20H20N2O4S/c1-13(23)22-8-7-15-10-16(5-6-18(15)22)20(26)21-17-4-2-3-14(9-17)11-27-12-19(24)25/h2-6,9-10H,7-8,11-12H2,1H3,(H,21,26)(H,24,25). The number of nitrogens with zero attached hydrogens (tertiary/aromatic N) is 1. The largest absolute Gasteiger partial charge is 0.481 e. The second kappa shape index (κ2) is 8.26. The number of carboxylic acids is 1. The molecule has 0 aromatic heterocycles. The Balaban J connectivity index is 1.67. The van der Waals surface area contributed by atoms with Crippen molar-refractivity contribution in [2.45, 2.75) is 19.1 Å². The Morgan fingerprint density at radius 3 is 2.74 bits per heavy atom. The molecule has 1 heterocycles. The van der Waals surface area contributed by atoms with Crippen LogP contribution in [-0.4, -0.2) is 35.2 Å². The topological polar surface area (TPSA) is 86.7 Å². The summed E-state index contributed by atoms with van der Waals surface area (Å²) in [5.41, 5.74) is 4.03. The number of thioether (sulfide) groups is 1. The Bertz CT molecular complexity index is 897. The highest BCUT2D eigenvalue weighted by atomic mass is 32.2. The molecule has 7 heteroatoms. The maximum absolute atomic E-state index is 12.6. The lowest BCUT2D eigenvalue weighted by molar-refractivity contribution is -0.133. The third-order valence-corrected chi connectivity index (χ3v) is 5.28. The molecule has 0 unspecified atom stereocenters. The zero-order chi connectivity index (χ0) is 19.4. The molecule has 2 N–H and O–H groups in total. The zero-order valence-electron chi connectivity index (χ0n) is 14.9. The predicted octanol–water partition coefficient (Wildman–Crippen LogP) is 3.17. The Morgan fingerprint density at radius 1 is 1.19 bits per heavy atom. The molecule has 3 rings (SSSR count). The summed E-state index contributed by atoms with van der Waals surface area (Å²) in [5, 5.41) is 11.6. The highest BCUT2D eigenvalue weighted by Gasteiger charge is 2.23. The van der Waals surface area contributed by atoms with E-state index in [1.54, 1.807) is 17.0 Å². The smallest absolute Gasteiger partial charge is 0.313 e. The van der Waals surface area contributed by atoms with Gasteiger partial charge >= 0.3 is 5.97 Å². The quantitative estimate of drug-likeness (QED) is 0.799. The highest BCUT2D eigenvalue weighted by molar-refractivity contribution is 7.99. The summed E-state index contributed by atoms with van der Waals surface area (Å²) < 4.78 is 0. The summed E-state index contributed by atoms with van der Waals surface area (Å²) in [6.07, 6.45) is 0.742. The van der Waals surface area contributed by atoms with Crippen molar-refractivity contribution in [2.24, 2.45) is 0 Å². The molecule has 140 valence electrons. The van der Waals surface area contributed by atoms with Crippen LogP contribution >= 0.6 is 11.8 Å². The van der Waals surface area contributed by atoms with Gasteiger partial charge in [-0.1, -0.05) is 12.1 Å². The number of amides is 2. The summed E-state index contributed by atoms with van der Waals surface area (Å²) in [6, 6.07) is 12.8. The van der Waals surface area contributed by atoms with Gasteiger partial charge in [0.1, 0.15) is 0 Å². The molecule has 2 amide bonds. The van der Waals surface area contributed by atoms with Gasteiger partial charge in [0.25, 0.3) is 5.91 Å². The van der Waals surface area contributed by atoms with Crippen LogP contribution in [0.3, 0.4) is 0 Å². The second-order valence-corrected chi connectivity index (χ2v) is 7.29. The van der Waals surface area contributed by atoms with Crippen molar-refractivity contribution < 1.29 is 19.5 Å². The van der Waals surface area contributed by atoms with E-state index in [0.29, 0.717) is 23.5 Å². The Labute approximate surface area is 161 Å². The number of carboxylic acid groups (broad SMARTS) is 1. The van der Waals surface area contributed by atoms with Gasteiger partial charge in [0.15, 0.2) is 0 Å². The van der Waals surface area contributed by atoms with Crippen molar-refractivity contribution in [3.63, 3.8) is 0 Å². The van der Waals surface area contributed by atoms with E-state index in [-0.39, 0.29) is 17.6 Å². The number of carbonyl (C=O) groups is 3. The van der Waals surface area contributed by atoms with Crippen molar-refractivity contribution in [1.82, 2.24) is 0 Å². The molecule has 1 aliphatic rings. The highest BCUT2D eigenvalue weighted by Crippen LogP contribution is 2.29. The van der Waals surface area contributed by atoms with E-state index in [1.165, 1.54) is 18.7 Å². The fourth-order valence-corrected chi connectivity index (χ4v) is 3.76. The van der Waals surface area contributed by atoms with E-state index in [1.807, 2.05) is 30.3 Å². The van der Waals surface area contributed by atoms with Crippen LogP contribution in [0.1, 0.15) is 28.4 Å². The minimum absolute atomic E-state index is 0.00327. The van der Waals surface area contributed by atoms with E-state index in [9.17, 15) is 14.4 Å². The molecule has 0 aliphatic carbocycles. The van der Waals surface area contributed by atoms with Crippen molar-refractivity contribution in [2.75, 3.05) is 22.5 Å². The average molecular weight is 384 g/mol. The van der Waals surface area contributed by atoms with Gasteiger partial charge in [-0.2, -0.15) is 0 Å². The molecule has 0 radical (unpaired) electrons. The van der Waals surface area contributed by atoms with Crippen LogP contribution in [0.25, 0.3) is 0 Å². The van der Waals surface area contributed by atoms with Crippen molar-refractivity contribution in [3.05, 3.63) is 59.2 Å². The SMILES string of the molecule is CC(=O)N1CCc2cc(C(=O)Nc3cccc(CSCC(=O)O)c3)ccc21. The van der Waals surface area contributed by atoms with Gasteiger partial charge < -0.3 is 15.3 Å². The van der Waals surface area contributed by atoms with Crippen LogP contribution in [0.15, 0.2) is 42.5 Å². The Morgan fingerprint density at radius 2 is 2.00 bits per heavy atom. The number of rotatable bonds is 6. The molecule has 0 saturated heterocycles. The number of fused-ring (bicyclic) bond motifs is 1. The first kappa shape index (κ1) is 19.0. The van der Waals surface area contributed by atoms with Gasteiger partial charge in [0.05, 0.1) is 5.75 Å². The minimum Gasteiger partial charge on any atom is -0.481 e. The summed E-state index contributed by atoms with van der Waals surface area (Å²) in [4.78, 5) is 36.5. The van der Waals surface area contributed by atoms with Crippen LogP contribution in [0.5, 0.6) is 0 Å². The number of hydrogen-bond donors (Lipinski definition) is 2. The third-order valence-electron chi connectivity index (χ3n) is 4.30. The number of benzene rings is 2. The number of aliphatic carboxylic acids is 1. The molecule has 6 nitrogen and oxygen atoms in total. The first-order chi connectivity index (χ1) is 12.9. The number of anilines is 2. The molecule has 27 heavy (non-hydrogen) atoms. The predicted molar refractivity (Wildman–Crippen MR) is 106 cm³/mol. The van der Waals surface area contributed by atoms with Crippen LogP contribution in [0, 0.1) is 0 Å². The van der Waals surface area contributed by atoms with Gasteiger partial charge in [-0.05, 0) is 47.9 Å². The van der Waals surface area contributed by atoms with Gasteiger partial charge in [-0.3, -0.25) is 14.4 Å². The van der Waals surface area contributed by atoms with Gasteiger partial charge in [-0.15, -0.1) is 11.8 Å². The van der Waals surface area contributed by atoms with E-state index in [2.05, 4.69) is 5.32 Å². The van der Waals surface area contributed by atoms with E-state index in [4.69, 9.17) is 5.11 Å². The molecule has 0 spiro atoms. The fraction of sp³-hybridized carbons (Fsp3) is 0.250. The summed E-state index contributed by atoms with van der Waals surface area (Å²) in [7, 11) is 0. The molecular formula is C20H20N2O4S. The van der Waals surface area contributed by atoms with Gasteiger partial charge in [0.2, 0.25) is 5.91 Å². The lowest BCUT2D eigenvalue weighted by atomic mass is 10.1. The lowest BCUT2D eigenvalue weighted by Gasteiger charge is -2.15. The molecular weight excluding hydrogens is 364 g/mol. The molecule has 0 saturated carbocycles. The maximum Gasteiger partial charge on any atom is 0.313 e. The monoisotopic (exact) mass is 384 g/mol.